The Hall–Kier alpha value is -1.40. The second-order valence-corrected chi connectivity index (χ2v) is 5.17. The number of ether oxygens (including phenoxy) is 1. The maximum Gasteiger partial charge on any atom is 0.322 e. The highest BCUT2D eigenvalue weighted by Gasteiger charge is 2.09. The second-order valence-electron chi connectivity index (χ2n) is 3.98. The van der Waals surface area contributed by atoms with Crippen LogP contribution in [0.4, 0.5) is 11.6 Å². The lowest BCUT2D eigenvalue weighted by Crippen LogP contribution is -2.10. The van der Waals surface area contributed by atoms with E-state index in [1.807, 2.05) is 38.1 Å². The van der Waals surface area contributed by atoms with Gasteiger partial charge in [-0.05, 0) is 53.5 Å². The number of hydrogen-bond donors (Lipinski definition) is 1. The van der Waals surface area contributed by atoms with Gasteiger partial charge in [-0.3, -0.25) is 0 Å². The summed E-state index contributed by atoms with van der Waals surface area (Å²) in [6.07, 6.45) is -0.0326. The van der Waals surface area contributed by atoms with Crippen molar-refractivity contribution in [3.8, 4) is 6.01 Å². The quantitative estimate of drug-likeness (QED) is 0.914. The fourth-order valence-electron chi connectivity index (χ4n) is 1.33. The highest BCUT2D eigenvalue weighted by Crippen LogP contribution is 2.24. The van der Waals surface area contributed by atoms with Crippen LogP contribution in [0, 0.1) is 0 Å². The van der Waals surface area contributed by atoms with Crippen LogP contribution in [-0.2, 0) is 0 Å². The van der Waals surface area contributed by atoms with E-state index in [0.29, 0.717) is 5.95 Å². The molecule has 0 aliphatic rings. The maximum atomic E-state index is 5.85. The van der Waals surface area contributed by atoms with Crippen molar-refractivity contribution >= 4 is 39.2 Å². The molecule has 0 fully saturated rings. The van der Waals surface area contributed by atoms with E-state index >= 15 is 0 Å². The number of nitrogens with zero attached hydrogens (tertiary/aromatic N) is 3. The van der Waals surface area contributed by atoms with Gasteiger partial charge in [-0.2, -0.15) is 15.0 Å². The number of nitrogens with one attached hydrogen (secondary N) is 1. The Morgan fingerprint density at radius 2 is 1.95 bits per heavy atom. The zero-order chi connectivity index (χ0) is 13.8. The molecule has 0 radical (unpaired) electrons. The Morgan fingerprint density at radius 3 is 2.63 bits per heavy atom. The summed E-state index contributed by atoms with van der Waals surface area (Å²) in [5.41, 5.74) is 0.834. The van der Waals surface area contributed by atoms with E-state index in [9.17, 15) is 0 Å². The highest BCUT2D eigenvalue weighted by molar-refractivity contribution is 9.10. The van der Waals surface area contributed by atoms with Crippen LogP contribution in [0.5, 0.6) is 6.01 Å². The van der Waals surface area contributed by atoms with E-state index in [2.05, 4.69) is 36.2 Å². The molecule has 1 heterocycles. The van der Waals surface area contributed by atoms with Crippen molar-refractivity contribution in [3.05, 3.63) is 34.0 Å². The first kappa shape index (κ1) is 14.0. The Bertz CT molecular complexity index is 579. The average molecular weight is 344 g/mol. The zero-order valence-electron chi connectivity index (χ0n) is 10.4. The van der Waals surface area contributed by atoms with Crippen molar-refractivity contribution in [2.24, 2.45) is 0 Å². The summed E-state index contributed by atoms with van der Waals surface area (Å²) in [7, 11) is 0. The molecule has 0 bridgehead atoms. The molecule has 0 spiro atoms. The van der Waals surface area contributed by atoms with Crippen LogP contribution in [0.25, 0.3) is 0 Å². The number of halogens is 2. The predicted octanol–water partition coefficient (Wildman–Crippen LogP) is 3.82. The van der Waals surface area contributed by atoms with E-state index in [-0.39, 0.29) is 17.4 Å². The Kier molecular flexibility index (Phi) is 4.55. The molecule has 0 aliphatic heterocycles. The van der Waals surface area contributed by atoms with E-state index in [1.54, 1.807) is 0 Å². The number of para-hydroxylation sites is 1. The van der Waals surface area contributed by atoms with E-state index in [1.165, 1.54) is 0 Å². The third-order valence-corrected chi connectivity index (χ3v) is 2.91. The Labute approximate surface area is 124 Å². The molecule has 0 amide bonds. The number of rotatable bonds is 4. The molecule has 1 aromatic carbocycles. The van der Waals surface area contributed by atoms with Gasteiger partial charge in [0.2, 0.25) is 11.2 Å². The molecule has 0 unspecified atom stereocenters. The van der Waals surface area contributed by atoms with Gasteiger partial charge in [-0.25, -0.2) is 0 Å². The third kappa shape index (κ3) is 4.04. The average Bonchev–Trinajstić information content (AvgIpc) is 2.30. The molecule has 7 heteroatoms. The molecule has 1 N–H and O–H groups in total. The third-order valence-electron chi connectivity index (χ3n) is 2.05. The van der Waals surface area contributed by atoms with Gasteiger partial charge < -0.3 is 10.1 Å². The van der Waals surface area contributed by atoms with E-state index in [0.717, 1.165) is 10.2 Å². The van der Waals surface area contributed by atoms with Gasteiger partial charge in [-0.1, -0.05) is 12.1 Å². The summed E-state index contributed by atoms with van der Waals surface area (Å²) in [5.74, 6) is 0.336. The Morgan fingerprint density at radius 1 is 1.21 bits per heavy atom. The van der Waals surface area contributed by atoms with Crippen LogP contribution in [-0.4, -0.2) is 21.1 Å². The van der Waals surface area contributed by atoms with Crippen LogP contribution in [0.15, 0.2) is 28.7 Å². The molecule has 2 aromatic rings. The normalized spacial score (nSPS) is 10.6. The van der Waals surface area contributed by atoms with Crippen molar-refractivity contribution in [3.63, 3.8) is 0 Å². The van der Waals surface area contributed by atoms with Gasteiger partial charge in [0.1, 0.15) is 0 Å². The van der Waals surface area contributed by atoms with Crippen LogP contribution < -0.4 is 10.1 Å². The van der Waals surface area contributed by atoms with Crippen molar-refractivity contribution < 1.29 is 4.74 Å². The molecule has 2 rings (SSSR count). The predicted molar refractivity (Wildman–Crippen MR) is 78.0 cm³/mol. The summed E-state index contributed by atoms with van der Waals surface area (Å²) in [6, 6.07) is 7.83. The van der Waals surface area contributed by atoms with E-state index < -0.39 is 0 Å². The minimum absolute atomic E-state index is 0.0326. The second kappa shape index (κ2) is 6.16. The molecule has 100 valence electrons. The number of hydrogen-bond acceptors (Lipinski definition) is 5. The van der Waals surface area contributed by atoms with Crippen molar-refractivity contribution in [2.75, 3.05) is 5.32 Å². The Balaban J connectivity index is 2.25. The molecule has 1 aromatic heterocycles. The molecule has 0 saturated carbocycles. The summed E-state index contributed by atoms with van der Waals surface area (Å²) in [4.78, 5) is 12.1. The fraction of sp³-hybridized carbons (Fsp3) is 0.250. The summed E-state index contributed by atoms with van der Waals surface area (Å²) in [6.45, 7) is 3.77. The summed E-state index contributed by atoms with van der Waals surface area (Å²) >= 11 is 9.28. The number of anilines is 2. The lowest BCUT2D eigenvalue weighted by molar-refractivity contribution is 0.222. The highest BCUT2D eigenvalue weighted by atomic mass is 79.9. The van der Waals surface area contributed by atoms with Gasteiger partial charge in [0.15, 0.2) is 0 Å². The van der Waals surface area contributed by atoms with Crippen LogP contribution in [0.3, 0.4) is 0 Å². The smallest absolute Gasteiger partial charge is 0.322 e. The topological polar surface area (TPSA) is 59.9 Å². The molecule has 0 aliphatic carbocycles. The summed E-state index contributed by atoms with van der Waals surface area (Å²) < 4.78 is 6.31. The molecule has 5 nitrogen and oxygen atoms in total. The maximum absolute atomic E-state index is 5.85. The molecule has 19 heavy (non-hydrogen) atoms. The largest absolute Gasteiger partial charge is 0.461 e. The van der Waals surface area contributed by atoms with Gasteiger partial charge >= 0.3 is 6.01 Å². The first-order valence-corrected chi connectivity index (χ1v) is 6.81. The first-order valence-electron chi connectivity index (χ1n) is 5.64. The van der Waals surface area contributed by atoms with Crippen LogP contribution >= 0.6 is 27.5 Å². The minimum Gasteiger partial charge on any atom is -0.461 e. The molecular formula is C12H12BrClN4O. The van der Waals surface area contributed by atoms with Gasteiger partial charge in [-0.15, -0.1) is 0 Å². The SMILES string of the molecule is CC(C)Oc1nc(Cl)nc(Nc2ccccc2Br)n1. The molecule has 0 saturated heterocycles. The van der Waals surface area contributed by atoms with Gasteiger partial charge in [0.05, 0.1) is 11.8 Å². The van der Waals surface area contributed by atoms with Gasteiger partial charge in [0.25, 0.3) is 0 Å². The lowest BCUT2D eigenvalue weighted by atomic mass is 10.3. The van der Waals surface area contributed by atoms with Crippen LogP contribution in [0.1, 0.15) is 13.8 Å². The number of benzene rings is 1. The van der Waals surface area contributed by atoms with Crippen LogP contribution in [0.2, 0.25) is 5.28 Å². The fourth-order valence-corrected chi connectivity index (χ4v) is 1.87. The van der Waals surface area contributed by atoms with Crippen molar-refractivity contribution in [2.45, 2.75) is 20.0 Å². The first-order chi connectivity index (χ1) is 9.04. The van der Waals surface area contributed by atoms with E-state index in [4.69, 9.17) is 16.3 Å². The number of aromatic nitrogens is 3. The monoisotopic (exact) mass is 342 g/mol. The lowest BCUT2D eigenvalue weighted by Gasteiger charge is -2.10. The van der Waals surface area contributed by atoms with Crippen molar-refractivity contribution in [1.29, 1.82) is 0 Å². The minimum atomic E-state index is -0.0326. The molecule has 0 atom stereocenters. The standard InChI is InChI=1S/C12H12BrClN4O/c1-7(2)19-12-17-10(14)16-11(18-12)15-9-6-4-3-5-8(9)13/h3-7H,1-2H3,(H,15,16,17,18). The summed E-state index contributed by atoms with van der Waals surface area (Å²) in [5, 5.41) is 3.14. The van der Waals surface area contributed by atoms with Crippen molar-refractivity contribution in [1.82, 2.24) is 15.0 Å². The van der Waals surface area contributed by atoms with Gasteiger partial charge in [0, 0.05) is 4.47 Å². The molecular weight excluding hydrogens is 332 g/mol. The zero-order valence-corrected chi connectivity index (χ0v) is 12.7.